The molecular formula is C12H18N4O4. The van der Waals surface area contributed by atoms with E-state index in [0.29, 0.717) is 13.2 Å². The lowest BCUT2D eigenvalue weighted by molar-refractivity contribution is 0.0526. The van der Waals surface area contributed by atoms with E-state index in [1.165, 1.54) is 0 Å². The zero-order valence-corrected chi connectivity index (χ0v) is 11.3. The summed E-state index contributed by atoms with van der Waals surface area (Å²) in [5, 5.41) is 6.57. The van der Waals surface area contributed by atoms with Crippen LogP contribution in [0.2, 0.25) is 0 Å². The molecule has 3 N–H and O–H groups in total. The fourth-order valence-electron chi connectivity index (χ4n) is 2.10. The maximum atomic E-state index is 11.9. The second-order valence-corrected chi connectivity index (χ2v) is 4.42. The van der Waals surface area contributed by atoms with Crippen LogP contribution in [0.5, 0.6) is 0 Å². The number of nitrogens with two attached hydrogens (primary N) is 1. The first-order valence-corrected chi connectivity index (χ1v) is 6.52. The molecule has 2 heterocycles. The van der Waals surface area contributed by atoms with Crippen LogP contribution in [0.1, 0.15) is 36.2 Å². The smallest absolute Gasteiger partial charge is 0.343 e. The topological polar surface area (TPSA) is 108 Å². The predicted octanol–water partition coefficient (Wildman–Crippen LogP) is 0.902. The van der Waals surface area contributed by atoms with Crippen molar-refractivity contribution >= 4 is 17.8 Å². The molecule has 0 radical (unpaired) electrons. The number of carbonyl (C=O) groups excluding carboxylic acids is 2. The minimum Gasteiger partial charge on any atom is -0.462 e. The summed E-state index contributed by atoms with van der Waals surface area (Å²) in [6.07, 6.45) is 3.19. The van der Waals surface area contributed by atoms with Crippen LogP contribution in [0.3, 0.4) is 0 Å². The first-order valence-electron chi connectivity index (χ1n) is 6.52. The molecule has 0 aromatic carbocycles. The van der Waals surface area contributed by atoms with E-state index in [9.17, 15) is 9.59 Å². The van der Waals surface area contributed by atoms with E-state index < -0.39 is 12.0 Å². The van der Waals surface area contributed by atoms with E-state index in [4.69, 9.17) is 15.2 Å². The Morgan fingerprint density at radius 3 is 2.85 bits per heavy atom. The van der Waals surface area contributed by atoms with Crippen LogP contribution in [0, 0.1) is 0 Å². The number of urea groups is 1. The number of hydrogen-bond acceptors (Lipinski definition) is 5. The zero-order valence-electron chi connectivity index (χ0n) is 11.3. The van der Waals surface area contributed by atoms with E-state index >= 15 is 0 Å². The highest BCUT2D eigenvalue weighted by molar-refractivity contribution is 5.99. The van der Waals surface area contributed by atoms with Gasteiger partial charge in [-0.05, 0) is 19.8 Å². The molecule has 1 aliphatic heterocycles. The lowest BCUT2D eigenvalue weighted by atomic mass is 10.1. The second-order valence-electron chi connectivity index (χ2n) is 4.42. The lowest BCUT2D eigenvalue weighted by Gasteiger charge is -2.22. The Bertz CT molecular complexity index is 494. The fraction of sp³-hybridized carbons (Fsp3) is 0.583. The number of amides is 2. The third-order valence-corrected chi connectivity index (χ3v) is 3.03. The van der Waals surface area contributed by atoms with Gasteiger partial charge in [0.2, 0.25) is 0 Å². The van der Waals surface area contributed by atoms with E-state index in [2.05, 4.69) is 10.4 Å². The molecule has 1 aromatic rings. The highest BCUT2D eigenvalue weighted by Crippen LogP contribution is 2.24. The number of nitrogens with one attached hydrogen (secondary N) is 1. The van der Waals surface area contributed by atoms with Gasteiger partial charge in [-0.25, -0.2) is 9.59 Å². The highest BCUT2D eigenvalue weighted by Gasteiger charge is 2.23. The Hall–Kier alpha value is -2.09. The molecule has 1 fully saturated rings. The van der Waals surface area contributed by atoms with Gasteiger partial charge >= 0.3 is 12.0 Å². The summed E-state index contributed by atoms with van der Waals surface area (Å²) in [6, 6.07) is -0.631. The number of rotatable bonds is 4. The predicted molar refractivity (Wildman–Crippen MR) is 70.5 cm³/mol. The molecule has 0 unspecified atom stereocenters. The summed E-state index contributed by atoms with van der Waals surface area (Å²) in [5.41, 5.74) is 5.29. The first kappa shape index (κ1) is 14.3. The SMILES string of the molecule is CCOC(=O)c1cn(C2CCOCC2)nc1NC(N)=O. The van der Waals surface area contributed by atoms with Gasteiger partial charge in [0.1, 0.15) is 5.56 Å². The van der Waals surface area contributed by atoms with E-state index in [0.717, 1.165) is 12.8 Å². The van der Waals surface area contributed by atoms with Gasteiger partial charge < -0.3 is 15.2 Å². The number of aromatic nitrogens is 2. The molecule has 0 saturated carbocycles. The van der Waals surface area contributed by atoms with Gasteiger partial charge in [0, 0.05) is 19.4 Å². The number of esters is 1. The molecule has 1 aromatic heterocycles. The van der Waals surface area contributed by atoms with Crippen molar-refractivity contribution in [3.8, 4) is 0 Å². The van der Waals surface area contributed by atoms with Crippen molar-refractivity contribution in [1.82, 2.24) is 9.78 Å². The Morgan fingerprint density at radius 1 is 1.55 bits per heavy atom. The largest absolute Gasteiger partial charge is 0.462 e. The third-order valence-electron chi connectivity index (χ3n) is 3.03. The van der Waals surface area contributed by atoms with E-state index in [1.807, 2.05) is 0 Å². The number of nitrogens with zero attached hydrogens (tertiary/aromatic N) is 2. The molecule has 0 spiro atoms. The van der Waals surface area contributed by atoms with Crippen molar-refractivity contribution in [1.29, 1.82) is 0 Å². The fourth-order valence-corrected chi connectivity index (χ4v) is 2.10. The standard InChI is InChI=1S/C12H18N4O4/c1-2-20-11(17)9-7-16(8-3-5-19-6-4-8)15-10(9)14-12(13)18/h7-8H,2-6H2,1H3,(H3,13,14,15,18). The third kappa shape index (κ3) is 3.27. The van der Waals surface area contributed by atoms with Crippen molar-refractivity contribution in [2.75, 3.05) is 25.1 Å². The van der Waals surface area contributed by atoms with Gasteiger partial charge in [0.05, 0.1) is 12.6 Å². The summed E-state index contributed by atoms with van der Waals surface area (Å²) in [7, 11) is 0. The summed E-state index contributed by atoms with van der Waals surface area (Å²) in [5.74, 6) is -0.406. The zero-order chi connectivity index (χ0) is 14.5. The normalized spacial score (nSPS) is 15.8. The Balaban J connectivity index is 2.25. The Labute approximate surface area is 116 Å². The molecule has 8 heteroatoms. The monoisotopic (exact) mass is 282 g/mol. The van der Waals surface area contributed by atoms with Gasteiger partial charge in [-0.15, -0.1) is 0 Å². The molecular weight excluding hydrogens is 264 g/mol. The van der Waals surface area contributed by atoms with Crippen molar-refractivity contribution < 1.29 is 19.1 Å². The number of ether oxygens (including phenoxy) is 2. The quantitative estimate of drug-likeness (QED) is 0.797. The molecule has 8 nitrogen and oxygen atoms in total. The van der Waals surface area contributed by atoms with Gasteiger partial charge in [-0.1, -0.05) is 0 Å². The van der Waals surface area contributed by atoms with Crippen LogP contribution >= 0.6 is 0 Å². The minimum atomic E-state index is -0.771. The molecule has 1 saturated heterocycles. The average molecular weight is 282 g/mol. The van der Waals surface area contributed by atoms with Crippen LogP contribution in [0.15, 0.2) is 6.20 Å². The summed E-state index contributed by atoms with van der Waals surface area (Å²) >= 11 is 0. The maximum Gasteiger partial charge on any atom is 0.343 e. The van der Waals surface area contributed by atoms with Crippen molar-refractivity contribution in [2.45, 2.75) is 25.8 Å². The summed E-state index contributed by atoms with van der Waals surface area (Å²) in [4.78, 5) is 22.8. The Kier molecular flexibility index (Phi) is 4.57. The first-order chi connectivity index (χ1) is 9.61. The van der Waals surface area contributed by atoms with Gasteiger partial charge in [0.25, 0.3) is 0 Å². The molecule has 1 aliphatic rings. The molecule has 2 amide bonds. The number of carbonyl (C=O) groups is 2. The van der Waals surface area contributed by atoms with Crippen LogP contribution in [-0.2, 0) is 9.47 Å². The van der Waals surface area contributed by atoms with E-state index in [-0.39, 0.29) is 24.0 Å². The number of anilines is 1. The van der Waals surface area contributed by atoms with Crippen molar-refractivity contribution in [3.05, 3.63) is 11.8 Å². The Morgan fingerprint density at radius 2 is 2.25 bits per heavy atom. The van der Waals surface area contributed by atoms with Crippen LogP contribution in [-0.4, -0.2) is 41.6 Å². The van der Waals surface area contributed by atoms with Crippen molar-refractivity contribution in [3.63, 3.8) is 0 Å². The van der Waals surface area contributed by atoms with Crippen LogP contribution < -0.4 is 11.1 Å². The van der Waals surface area contributed by atoms with Crippen LogP contribution in [0.4, 0.5) is 10.6 Å². The number of hydrogen-bond donors (Lipinski definition) is 2. The molecule has 110 valence electrons. The van der Waals surface area contributed by atoms with E-state index in [1.54, 1.807) is 17.8 Å². The molecule has 2 rings (SSSR count). The minimum absolute atomic E-state index is 0.127. The van der Waals surface area contributed by atoms with Crippen LogP contribution in [0.25, 0.3) is 0 Å². The van der Waals surface area contributed by atoms with Gasteiger partial charge in [0.15, 0.2) is 5.82 Å². The van der Waals surface area contributed by atoms with Gasteiger partial charge in [-0.3, -0.25) is 10.00 Å². The second kappa shape index (κ2) is 6.38. The molecule has 0 aliphatic carbocycles. The van der Waals surface area contributed by atoms with Gasteiger partial charge in [-0.2, -0.15) is 5.10 Å². The molecule has 0 bridgehead atoms. The lowest BCUT2D eigenvalue weighted by Crippen LogP contribution is -2.22. The summed E-state index contributed by atoms with van der Waals surface area (Å²) in [6.45, 7) is 3.26. The molecule has 20 heavy (non-hydrogen) atoms. The highest BCUT2D eigenvalue weighted by atomic mass is 16.5. The summed E-state index contributed by atoms with van der Waals surface area (Å²) < 4.78 is 11.9. The maximum absolute atomic E-state index is 11.9. The average Bonchev–Trinajstić information content (AvgIpc) is 2.83. The van der Waals surface area contributed by atoms with Crippen molar-refractivity contribution in [2.24, 2.45) is 5.73 Å². The molecule has 0 atom stereocenters. The number of primary amides is 1.